The van der Waals surface area contributed by atoms with Crippen molar-refractivity contribution in [1.82, 2.24) is 14.3 Å². The summed E-state index contributed by atoms with van der Waals surface area (Å²) in [6.45, 7) is 0. The van der Waals surface area contributed by atoms with Crippen LogP contribution in [0, 0.1) is 0 Å². The van der Waals surface area contributed by atoms with Crippen LogP contribution in [0.3, 0.4) is 0 Å². The monoisotopic (exact) mass is 540 g/mol. The van der Waals surface area contributed by atoms with Crippen LogP contribution in [0.2, 0.25) is 6.04 Å². The number of hydrogen-bond donors (Lipinski definition) is 2. The number of carbonyl (C=O) groups excluding carboxylic acids is 2. The van der Waals surface area contributed by atoms with Crippen molar-refractivity contribution in [2.75, 3.05) is 31.4 Å². The first kappa shape index (κ1) is 25.6. The highest BCUT2D eigenvalue weighted by molar-refractivity contribution is 7.98. The molecule has 0 aliphatic carbocycles. The van der Waals surface area contributed by atoms with E-state index in [1.54, 1.807) is 11.8 Å². The van der Waals surface area contributed by atoms with Crippen LogP contribution in [0.25, 0.3) is 11.3 Å². The first-order chi connectivity index (χ1) is 15.7. The zero-order valence-electron chi connectivity index (χ0n) is 18.3. The Morgan fingerprint density at radius 1 is 1.15 bits per heavy atom. The second kappa shape index (κ2) is 11.4. The third-order valence-electron chi connectivity index (χ3n) is 4.58. The van der Waals surface area contributed by atoms with Gasteiger partial charge in [-0.25, -0.2) is 17.7 Å². The fourth-order valence-corrected chi connectivity index (χ4v) is 9.28. The van der Waals surface area contributed by atoms with Gasteiger partial charge in [0.25, 0.3) is 15.9 Å². The van der Waals surface area contributed by atoms with Gasteiger partial charge in [0.1, 0.15) is 4.21 Å². The number of anilines is 1. The Morgan fingerprint density at radius 3 is 2.55 bits per heavy atom. The second-order valence-electron chi connectivity index (χ2n) is 7.11. The molecule has 13 heteroatoms. The van der Waals surface area contributed by atoms with Gasteiger partial charge >= 0.3 is 0 Å². The largest absolute Gasteiger partial charge is 0.371 e. The van der Waals surface area contributed by atoms with Crippen LogP contribution in [0.15, 0.2) is 52.1 Å². The van der Waals surface area contributed by atoms with Crippen molar-refractivity contribution in [1.29, 1.82) is 0 Å². The number of nitrogens with zero attached hydrogens (tertiary/aromatic N) is 2. The molecule has 0 aliphatic heterocycles. The van der Waals surface area contributed by atoms with E-state index in [4.69, 9.17) is 0 Å². The molecule has 0 saturated carbocycles. The summed E-state index contributed by atoms with van der Waals surface area (Å²) < 4.78 is 25.8. The van der Waals surface area contributed by atoms with E-state index in [0.717, 1.165) is 32.7 Å². The highest BCUT2D eigenvalue weighted by Gasteiger charge is 2.27. The van der Waals surface area contributed by atoms with Gasteiger partial charge in [-0.3, -0.25) is 9.59 Å². The van der Waals surface area contributed by atoms with Gasteiger partial charge in [0.05, 0.1) is 10.6 Å². The van der Waals surface area contributed by atoms with Crippen LogP contribution in [0.1, 0.15) is 9.67 Å². The highest BCUT2D eigenvalue weighted by Crippen LogP contribution is 2.26. The van der Waals surface area contributed by atoms with Gasteiger partial charge in [-0.2, -0.15) is 11.8 Å². The molecule has 0 saturated heterocycles. The van der Waals surface area contributed by atoms with Crippen molar-refractivity contribution in [2.45, 2.75) is 10.3 Å². The summed E-state index contributed by atoms with van der Waals surface area (Å²) in [5.41, 5.74) is 1.50. The number of carbonyl (C=O) groups is 2. The van der Waals surface area contributed by atoms with Gasteiger partial charge in [-0.1, -0.05) is 30.3 Å². The number of hydrogen-bond acceptors (Lipinski definition) is 8. The van der Waals surface area contributed by atoms with Gasteiger partial charge < -0.3 is 10.3 Å². The predicted octanol–water partition coefficient (Wildman–Crippen LogP) is 3.75. The third-order valence-corrected chi connectivity index (χ3v) is 12.0. The van der Waals surface area contributed by atoms with E-state index in [1.165, 1.54) is 37.6 Å². The van der Waals surface area contributed by atoms with Crippen molar-refractivity contribution < 1.29 is 18.0 Å². The zero-order chi connectivity index (χ0) is 24.0. The standard InChI is InChI=1S/C20H24N4O4S4Si/c1-24(2)32(27,28)17-10-9-16(31-17)18(25)23-33(12-11-29-3)20(26)22-19-21-15(13-30-19)14-7-5-4-6-8-14/h4-10,13,33H,11-12H2,1-3H3,(H,23,25)(H,21,22,26)/t33-/m0/s1. The number of thiophene rings is 1. The van der Waals surface area contributed by atoms with Gasteiger partial charge in [-0.05, 0) is 30.2 Å². The predicted molar refractivity (Wildman–Crippen MR) is 140 cm³/mol. The third kappa shape index (κ3) is 6.52. The molecule has 2 N–H and O–H groups in total. The van der Waals surface area contributed by atoms with Gasteiger partial charge in [-0.15, -0.1) is 22.7 Å². The normalized spacial score (nSPS) is 12.5. The molecule has 2 heterocycles. The number of benzene rings is 1. The molecule has 1 aromatic carbocycles. The molecule has 0 spiro atoms. The molecule has 1 atom stereocenters. The molecular weight excluding hydrogens is 517 g/mol. The minimum Gasteiger partial charge on any atom is -0.371 e. The van der Waals surface area contributed by atoms with Crippen LogP contribution in [-0.4, -0.2) is 64.2 Å². The quantitative estimate of drug-likeness (QED) is 0.379. The Bertz CT molecular complexity index is 1210. The summed E-state index contributed by atoms with van der Waals surface area (Å²) in [6.07, 6.45) is 1.94. The van der Waals surface area contributed by atoms with Crippen LogP contribution < -0.4 is 10.3 Å². The van der Waals surface area contributed by atoms with Gasteiger partial charge in [0.15, 0.2) is 5.13 Å². The molecule has 0 fully saturated rings. The van der Waals surface area contributed by atoms with Gasteiger partial charge in [0, 0.05) is 25.0 Å². The lowest BCUT2D eigenvalue weighted by atomic mass is 10.2. The van der Waals surface area contributed by atoms with Gasteiger partial charge in [0.2, 0.25) is 14.5 Å². The SMILES string of the molecule is CSCC[Si@H](NC(=O)c1ccc(S(=O)(=O)N(C)C)s1)C(=O)Nc1nc(-c2ccccc2)cs1. The van der Waals surface area contributed by atoms with E-state index < -0.39 is 24.9 Å². The molecule has 3 aromatic rings. The van der Waals surface area contributed by atoms with E-state index in [-0.39, 0.29) is 14.6 Å². The lowest BCUT2D eigenvalue weighted by Gasteiger charge is -2.15. The average molecular weight is 541 g/mol. The Hall–Kier alpha value is -2.03. The Kier molecular flexibility index (Phi) is 8.84. The molecule has 0 unspecified atom stereocenters. The summed E-state index contributed by atoms with van der Waals surface area (Å²) in [7, 11) is -3.16. The minimum absolute atomic E-state index is 0.0839. The molecule has 3 rings (SSSR count). The molecule has 176 valence electrons. The first-order valence-corrected chi connectivity index (χ1v) is 16.4. The maximum Gasteiger partial charge on any atom is 0.253 e. The maximum atomic E-state index is 13.0. The number of amides is 2. The van der Waals surface area contributed by atoms with Crippen molar-refractivity contribution in [2.24, 2.45) is 0 Å². The van der Waals surface area contributed by atoms with Crippen molar-refractivity contribution in [3.63, 3.8) is 0 Å². The molecular formula is C20H24N4O4S4Si. The topological polar surface area (TPSA) is 108 Å². The number of rotatable bonds is 10. The van der Waals surface area contributed by atoms with Crippen molar-refractivity contribution in [3.05, 3.63) is 52.7 Å². The number of aromatic nitrogens is 1. The summed E-state index contributed by atoms with van der Waals surface area (Å²) in [4.78, 5) is 33.4. The molecule has 0 bridgehead atoms. The minimum atomic E-state index is -3.62. The number of thiazole rings is 1. The summed E-state index contributed by atoms with van der Waals surface area (Å²) >= 11 is 3.82. The molecule has 0 radical (unpaired) electrons. The molecule has 8 nitrogen and oxygen atoms in total. The average Bonchev–Trinajstić information content (AvgIpc) is 3.47. The Balaban J connectivity index is 1.71. The summed E-state index contributed by atoms with van der Waals surface area (Å²) in [5, 5.41) is 5.20. The molecule has 33 heavy (non-hydrogen) atoms. The highest BCUT2D eigenvalue weighted by atomic mass is 32.2. The number of nitrogens with one attached hydrogen (secondary N) is 2. The zero-order valence-corrected chi connectivity index (χ0v) is 22.7. The number of thioether (sulfide) groups is 1. The number of sulfonamides is 1. The second-order valence-corrected chi connectivity index (χ2v) is 14.9. The van der Waals surface area contributed by atoms with Crippen molar-refractivity contribution in [3.8, 4) is 11.3 Å². The van der Waals surface area contributed by atoms with Crippen LogP contribution in [0.4, 0.5) is 9.93 Å². The molecule has 0 aliphatic rings. The van der Waals surface area contributed by atoms with Crippen LogP contribution >= 0.6 is 34.4 Å². The van der Waals surface area contributed by atoms with E-state index in [0.29, 0.717) is 11.2 Å². The first-order valence-electron chi connectivity index (χ1n) is 9.86. The molecule has 2 aromatic heterocycles. The maximum absolute atomic E-state index is 13.0. The van der Waals surface area contributed by atoms with E-state index in [1.807, 2.05) is 42.0 Å². The van der Waals surface area contributed by atoms with Crippen LogP contribution in [-0.2, 0) is 10.0 Å². The van der Waals surface area contributed by atoms with Crippen molar-refractivity contribution >= 4 is 70.0 Å². The smallest absolute Gasteiger partial charge is 0.253 e. The van der Waals surface area contributed by atoms with Crippen LogP contribution in [0.5, 0.6) is 0 Å². The fourth-order valence-electron chi connectivity index (χ4n) is 2.76. The molecule has 2 amide bonds. The summed E-state index contributed by atoms with van der Waals surface area (Å²) in [5.74, 6) is 0.292. The van der Waals surface area contributed by atoms with E-state index >= 15 is 0 Å². The van der Waals surface area contributed by atoms with E-state index in [2.05, 4.69) is 15.3 Å². The summed E-state index contributed by atoms with van der Waals surface area (Å²) in [6, 6.07) is 13.1. The fraction of sp³-hybridized carbons (Fsp3) is 0.250. The van der Waals surface area contributed by atoms with E-state index in [9.17, 15) is 18.0 Å². The lowest BCUT2D eigenvalue weighted by Crippen LogP contribution is -2.47. The Morgan fingerprint density at radius 2 is 1.88 bits per heavy atom. The lowest BCUT2D eigenvalue weighted by molar-refractivity contribution is 0.0983. The Labute approximate surface area is 207 Å².